The number of fused-ring (bicyclic) bond motifs is 1. The summed E-state index contributed by atoms with van der Waals surface area (Å²) in [7, 11) is 3.35. The highest BCUT2D eigenvalue weighted by Gasteiger charge is 2.36. The first-order valence-electron chi connectivity index (χ1n) is 9.21. The predicted molar refractivity (Wildman–Crippen MR) is 121 cm³/mol. The van der Waals surface area contributed by atoms with Crippen LogP contribution in [0.4, 0.5) is 10.5 Å². The summed E-state index contributed by atoms with van der Waals surface area (Å²) in [6.07, 6.45) is 1.58. The Kier molecular flexibility index (Phi) is 5.47. The third kappa shape index (κ3) is 4.01. The van der Waals surface area contributed by atoms with Crippen molar-refractivity contribution < 1.29 is 14.4 Å². The third-order valence-electron chi connectivity index (χ3n) is 4.88. The molecule has 0 aliphatic carbocycles. The number of halogens is 1. The number of rotatable bonds is 4. The van der Waals surface area contributed by atoms with Crippen LogP contribution in [-0.4, -0.2) is 37.6 Å². The van der Waals surface area contributed by atoms with Crippen LogP contribution in [0.2, 0.25) is 5.02 Å². The molecular weight excluding hydrogens is 440 g/mol. The summed E-state index contributed by atoms with van der Waals surface area (Å²) in [5, 5.41) is 2.55. The van der Waals surface area contributed by atoms with Gasteiger partial charge in [0.1, 0.15) is 6.54 Å². The summed E-state index contributed by atoms with van der Waals surface area (Å²) in [5.41, 5.74) is 2.46. The number of anilines is 1. The Morgan fingerprint density at radius 2 is 1.81 bits per heavy atom. The second-order valence-corrected chi connectivity index (χ2v) is 8.40. The van der Waals surface area contributed by atoms with E-state index in [4.69, 9.17) is 11.6 Å². The number of amides is 3. The molecule has 1 aromatic heterocycles. The molecule has 1 N–H and O–H groups in total. The van der Waals surface area contributed by atoms with Crippen LogP contribution < -0.4 is 11.0 Å². The van der Waals surface area contributed by atoms with Gasteiger partial charge in [-0.2, -0.15) is 0 Å². The smallest absolute Gasteiger partial charge is 0.324 e. The van der Waals surface area contributed by atoms with Crippen molar-refractivity contribution in [1.82, 2.24) is 14.0 Å². The van der Waals surface area contributed by atoms with Crippen LogP contribution in [0.15, 0.2) is 52.2 Å². The van der Waals surface area contributed by atoms with Gasteiger partial charge in [-0.15, -0.1) is 0 Å². The average Bonchev–Trinajstić information content (AvgIpc) is 3.10. The van der Waals surface area contributed by atoms with E-state index in [1.165, 1.54) is 9.13 Å². The largest absolute Gasteiger partial charge is 0.328 e. The number of aromatic nitrogens is 2. The van der Waals surface area contributed by atoms with E-state index in [9.17, 15) is 19.2 Å². The number of hydrogen-bond donors (Lipinski definition) is 1. The molecule has 1 aliphatic heterocycles. The average molecular weight is 457 g/mol. The zero-order valence-electron chi connectivity index (χ0n) is 16.6. The van der Waals surface area contributed by atoms with Crippen molar-refractivity contribution in [2.45, 2.75) is 0 Å². The number of imide groups is 1. The summed E-state index contributed by atoms with van der Waals surface area (Å²) < 4.78 is 3.05. The minimum atomic E-state index is -0.543. The highest BCUT2D eigenvalue weighted by molar-refractivity contribution is 8.18. The van der Waals surface area contributed by atoms with Crippen LogP contribution in [0.25, 0.3) is 17.1 Å². The molecule has 2 aromatic carbocycles. The minimum absolute atomic E-state index is 0.154. The van der Waals surface area contributed by atoms with Crippen molar-refractivity contribution in [3.63, 3.8) is 0 Å². The van der Waals surface area contributed by atoms with E-state index < -0.39 is 23.6 Å². The van der Waals surface area contributed by atoms with Gasteiger partial charge in [0.05, 0.1) is 15.9 Å². The molecule has 0 radical (unpaired) electrons. The van der Waals surface area contributed by atoms with Gasteiger partial charge in [-0.25, -0.2) is 4.79 Å². The quantitative estimate of drug-likeness (QED) is 0.608. The molecule has 1 aliphatic rings. The molecule has 1 fully saturated rings. The van der Waals surface area contributed by atoms with Crippen LogP contribution in [0.5, 0.6) is 0 Å². The van der Waals surface area contributed by atoms with Gasteiger partial charge in [0, 0.05) is 24.8 Å². The van der Waals surface area contributed by atoms with Gasteiger partial charge < -0.3 is 5.32 Å². The third-order valence-corrected chi connectivity index (χ3v) is 6.02. The first-order chi connectivity index (χ1) is 14.7. The number of nitrogens with zero attached hydrogens (tertiary/aromatic N) is 3. The maximum absolute atomic E-state index is 12.7. The van der Waals surface area contributed by atoms with Crippen LogP contribution in [0.3, 0.4) is 0 Å². The van der Waals surface area contributed by atoms with Crippen LogP contribution >= 0.6 is 23.4 Å². The molecule has 3 aromatic rings. The molecular formula is C21H17ClN4O4S. The van der Waals surface area contributed by atoms with E-state index in [1.54, 1.807) is 62.6 Å². The van der Waals surface area contributed by atoms with E-state index in [-0.39, 0.29) is 10.6 Å². The fraction of sp³-hybridized carbons (Fsp3) is 0.143. The van der Waals surface area contributed by atoms with Crippen LogP contribution in [0, 0.1) is 0 Å². The van der Waals surface area contributed by atoms with E-state index in [2.05, 4.69) is 5.32 Å². The maximum atomic E-state index is 12.7. The van der Waals surface area contributed by atoms with Crippen molar-refractivity contribution in [3.8, 4) is 0 Å². The summed E-state index contributed by atoms with van der Waals surface area (Å²) in [6.45, 7) is -0.402. The molecule has 3 amide bonds. The first kappa shape index (κ1) is 21.0. The molecule has 0 spiro atoms. The topological polar surface area (TPSA) is 93.4 Å². The number of carbonyl (C=O) groups is 3. The fourth-order valence-corrected chi connectivity index (χ4v) is 4.34. The number of imidazole rings is 1. The summed E-state index contributed by atoms with van der Waals surface area (Å²) in [4.78, 5) is 50.5. The van der Waals surface area contributed by atoms with Crippen LogP contribution in [0.1, 0.15) is 5.56 Å². The number of carbonyl (C=O) groups excluding carboxylic acids is 3. The Hall–Kier alpha value is -3.30. The Morgan fingerprint density at radius 1 is 1.06 bits per heavy atom. The van der Waals surface area contributed by atoms with Gasteiger partial charge in [-0.1, -0.05) is 23.7 Å². The molecule has 31 heavy (non-hydrogen) atoms. The molecule has 10 heteroatoms. The van der Waals surface area contributed by atoms with E-state index in [0.29, 0.717) is 21.8 Å². The second kappa shape index (κ2) is 8.09. The molecule has 0 atom stereocenters. The fourth-order valence-electron chi connectivity index (χ4n) is 3.31. The van der Waals surface area contributed by atoms with Gasteiger partial charge in [0.2, 0.25) is 5.91 Å². The number of benzene rings is 2. The summed E-state index contributed by atoms with van der Waals surface area (Å²) in [6, 6.07) is 11.9. The minimum Gasteiger partial charge on any atom is -0.324 e. The normalized spacial score (nSPS) is 15.3. The zero-order chi connectivity index (χ0) is 22.3. The molecule has 4 rings (SSSR count). The highest BCUT2D eigenvalue weighted by Crippen LogP contribution is 2.32. The molecule has 2 heterocycles. The monoisotopic (exact) mass is 456 g/mol. The number of hydrogen-bond acceptors (Lipinski definition) is 5. The highest BCUT2D eigenvalue weighted by atomic mass is 35.5. The lowest BCUT2D eigenvalue weighted by atomic mass is 10.2. The number of thioether (sulfide) groups is 1. The number of aryl methyl sites for hydroxylation is 2. The second-order valence-electron chi connectivity index (χ2n) is 6.98. The lowest BCUT2D eigenvalue weighted by Gasteiger charge is -2.12. The van der Waals surface area contributed by atoms with Crippen LogP contribution in [-0.2, 0) is 23.7 Å². The standard InChI is InChI=1S/C21H17ClN4O4S/c1-24-15-7-6-12(8-16(15)25(2)20(24)29)9-17-19(28)26(21(30)31-17)11-18(27)23-14-5-3-4-13(22)10-14/h3-10H,11H2,1-2H3,(H,23,27). The van der Waals surface area contributed by atoms with Crippen molar-refractivity contribution in [2.24, 2.45) is 14.1 Å². The lowest BCUT2D eigenvalue weighted by Crippen LogP contribution is -2.36. The Balaban J connectivity index is 1.53. The zero-order valence-corrected chi connectivity index (χ0v) is 18.2. The van der Waals surface area contributed by atoms with Crippen molar-refractivity contribution in [1.29, 1.82) is 0 Å². The molecule has 0 unspecified atom stereocenters. The van der Waals surface area contributed by atoms with Gasteiger partial charge in [0.25, 0.3) is 11.1 Å². The molecule has 158 valence electrons. The Morgan fingerprint density at radius 3 is 2.55 bits per heavy atom. The van der Waals surface area contributed by atoms with E-state index in [0.717, 1.165) is 22.2 Å². The molecule has 0 bridgehead atoms. The van der Waals surface area contributed by atoms with Crippen molar-refractivity contribution >= 4 is 63.2 Å². The summed E-state index contributed by atoms with van der Waals surface area (Å²) in [5.74, 6) is -1.05. The SMILES string of the molecule is Cn1c(=O)n(C)c2cc(C=C3SC(=O)N(CC(=O)Nc4cccc(Cl)c4)C3=O)ccc21. The predicted octanol–water partition coefficient (Wildman–Crippen LogP) is 3.21. The van der Waals surface area contributed by atoms with Gasteiger partial charge in [-0.3, -0.25) is 28.4 Å². The molecule has 1 saturated heterocycles. The first-order valence-corrected chi connectivity index (χ1v) is 10.4. The lowest BCUT2D eigenvalue weighted by molar-refractivity contribution is -0.127. The maximum Gasteiger partial charge on any atom is 0.328 e. The Bertz CT molecular complexity index is 1340. The van der Waals surface area contributed by atoms with Crippen molar-refractivity contribution in [3.05, 3.63) is 68.4 Å². The summed E-state index contributed by atoms with van der Waals surface area (Å²) >= 11 is 6.67. The molecule has 8 nitrogen and oxygen atoms in total. The van der Waals surface area contributed by atoms with E-state index >= 15 is 0 Å². The number of nitrogens with one attached hydrogen (secondary N) is 1. The van der Waals surface area contributed by atoms with Gasteiger partial charge in [-0.05, 0) is 53.7 Å². The molecule has 0 saturated carbocycles. The van der Waals surface area contributed by atoms with Gasteiger partial charge in [0.15, 0.2) is 0 Å². The van der Waals surface area contributed by atoms with Crippen molar-refractivity contribution in [2.75, 3.05) is 11.9 Å². The van der Waals surface area contributed by atoms with Gasteiger partial charge >= 0.3 is 5.69 Å². The van der Waals surface area contributed by atoms with E-state index in [1.807, 2.05) is 0 Å². The Labute approximate surface area is 186 Å².